The van der Waals surface area contributed by atoms with Crippen molar-refractivity contribution >= 4 is 5.91 Å². The fourth-order valence-corrected chi connectivity index (χ4v) is 4.61. The molecule has 1 aromatic heterocycles. The molecule has 2 atom stereocenters. The third-order valence-corrected chi connectivity index (χ3v) is 6.19. The van der Waals surface area contributed by atoms with E-state index in [9.17, 15) is 4.79 Å². The maximum Gasteiger partial charge on any atom is 0.251 e. The second-order valence-electron chi connectivity index (χ2n) is 8.63. The van der Waals surface area contributed by atoms with E-state index in [0.717, 1.165) is 55.1 Å². The smallest absolute Gasteiger partial charge is 0.251 e. The van der Waals surface area contributed by atoms with E-state index in [-0.39, 0.29) is 11.9 Å². The van der Waals surface area contributed by atoms with Crippen molar-refractivity contribution in [1.82, 2.24) is 25.0 Å². The number of hydrogen-bond donors (Lipinski definition) is 1. The monoisotopic (exact) mass is 417 g/mol. The van der Waals surface area contributed by atoms with E-state index >= 15 is 0 Å². The number of carbonyl (C=O) groups is 1. The van der Waals surface area contributed by atoms with E-state index in [1.54, 1.807) is 6.33 Å². The topological polar surface area (TPSA) is 63.1 Å². The van der Waals surface area contributed by atoms with Crippen molar-refractivity contribution < 1.29 is 4.79 Å². The highest BCUT2D eigenvalue weighted by Gasteiger charge is 2.31. The Morgan fingerprint density at radius 3 is 2.48 bits per heavy atom. The number of aromatic nitrogens is 3. The van der Waals surface area contributed by atoms with Crippen molar-refractivity contribution in [1.29, 1.82) is 0 Å². The number of aryl methyl sites for hydroxylation is 3. The highest BCUT2D eigenvalue weighted by Crippen LogP contribution is 2.29. The predicted octanol–water partition coefficient (Wildman–Crippen LogP) is 3.49. The fourth-order valence-electron chi connectivity index (χ4n) is 4.61. The summed E-state index contributed by atoms with van der Waals surface area (Å²) in [5.41, 5.74) is 4.25. The molecule has 6 heteroatoms. The van der Waals surface area contributed by atoms with Crippen molar-refractivity contribution in [2.24, 2.45) is 0 Å². The van der Waals surface area contributed by atoms with Gasteiger partial charge in [-0.05, 0) is 51.4 Å². The minimum atomic E-state index is 0.00855. The summed E-state index contributed by atoms with van der Waals surface area (Å²) in [5, 5.41) is 11.4. The number of amides is 1. The SMILES string of the molecule is Cc1cc(C)cc(C(=O)N[C@H]2CN(CCn3cnnc3C)CC[C@H]2c2ccccc2)c1. The molecule has 6 nitrogen and oxygen atoms in total. The average Bonchev–Trinajstić information content (AvgIpc) is 3.17. The second kappa shape index (κ2) is 9.43. The van der Waals surface area contributed by atoms with Crippen LogP contribution in [0.1, 0.15) is 45.2 Å². The van der Waals surface area contributed by atoms with Gasteiger partial charge in [0.25, 0.3) is 5.91 Å². The van der Waals surface area contributed by atoms with Gasteiger partial charge in [0.05, 0.1) is 0 Å². The largest absolute Gasteiger partial charge is 0.347 e. The molecule has 4 rings (SSSR count). The maximum atomic E-state index is 13.1. The van der Waals surface area contributed by atoms with Gasteiger partial charge < -0.3 is 9.88 Å². The molecule has 1 N–H and O–H groups in total. The zero-order valence-electron chi connectivity index (χ0n) is 18.6. The number of hydrogen-bond acceptors (Lipinski definition) is 4. The molecule has 0 radical (unpaired) electrons. The number of carbonyl (C=O) groups excluding carboxylic acids is 1. The molecule has 0 saturated carbocycles. The first kappa shape index (κ1) is 21.2. The summed E-state index contributed by atoms with van der Waals surface area (Å²) in [6.07, 6.45) is 2.80. The van der Waals surface area contributed by atoms with Gasteiger partial charge in [-0.1, -0.05) is 47.5 Å². The molecule has 0 aliphatic carbocycles. The van der Waals surface area contributed by atoms with Gasteiger partial charge in [-0.2, -0.15) is 0 Å². The van der Waals surface area contributed by atoms with E-state index in [4.69, 9.17) is 0 Å². The molecule has 0 bridgehead atoms. The molecule has 31 heavy (non-hydrogen) atoms. The van der Waals surface area contributed by atoms with Gasteiger partial charge in [-0.3, -0.25) is 9.69 Å². The van der Waals surface area contributed by atoms with Crippen LogP contribution in [-0.4, -0.2) is 51.2 Å². The van der Waals surface area contributed by atoms with Crippen LogP contribution >= 0.6 is 0 Å². The van der Waals surface area contributed by atoms with Gasteiger partial charge in [0.2, 0.25) is 0 Å². The quantitative estimate of drug-likeness (QED) is 0.667. The van der Waals surface area contributed by atoms with Crippen molar-refractivity contribution in [2.75, 3.05) is 19.6 Å². The van der Waals surface area contributed by atoms with Crippen molar-refractivity contribution in [2.45, 2.75) is 45.7 Å². The molecule has 1 amide bonds. The number of nitrogens with zero attached hydrogens (tertiary/aromatic N) is 4. The van der Waals surface area contributed by atoms with Gasteiger partial charge in [-0.25, -0.2) is 0 Å². The summed E-state index contributed by atoms with van der Waals surface area (Å²) in [6, 6.07) is 16.7. The van der Waals surface area contributed by atoms with Crippen LogP contribution in [0.2, 0.25) is 0 Å². The fraction of sp³-hybridized carbons (Fsp3) is 0.400. The van der Waals surface area contributed by atoms with Gasteiger partial charge in [0, 0.05) is 37.2 Å². The minimum Gasteiger partial charge on any atom is -0.347 e. The molecule has 3 aromatic rings. The van der Waals surface area contributed by atoms with Crippen LogP contribution in [0.3, 0.4) is 0 Å². The molecule has 1 saturated heterocycles. The minimum absolute atomic E-state index is 0.00855. The summed E-state index contributed by atoms with van der Waals surface area (Å²) in [7, 11) is 0. The first-order chi connectivity index (χ1) is 15.0. The molecular weight excluding hydrogens is 386 g/mol. The number of rotatable bonds is 6. The molecule has 2 heterocycles. The van der Waals surface area contributed by atoms with E-state index in [0.29, 0.717) is 5.92 Å². The van der Waals surface area contributed by atoms with E-state index in [1.165, 1.54) is 5.56 Å². The zero-order valence-corrected chi connectivity index (χ0v) is 18.6. The molecular formula is C25H31N5O. The van der Waals surface area contributed by atoms with Crippen LogP contribution in [0.5, 0.6) is 0 Å². The van der Waals surface area contributed by atoms with Crippen LogP contribution in [0.4, 0.5) is 0 Å². The Morgan fingerprint density at radius 2 is 1.81 bits per heavy atom. The lowest BCUT2D eigenvalue weighted by Gasteiger charge is -2.39. The van der Waals surface area contributed by atoms with Crippen LogP contribution in [0.25, 0.3) is 0 Å². The summed E-state index contributed by atoms with van der Waals surface area (Å²) in [5.74, 6) is 1.25. The Kier molecular flexibility index (Phi) is 6.47. The predicted molar refractivity (Wildman–Crippen MR) is 122 cm³/mol. The highest BCUT2D eigenvalue weighted by molar-refractivity contribution is 5.94. The number of nitrogens with one attached hydrogen (secondary N) is 1. The highest BCUT2D eigenvalue weighted by atomic mass is 16.1. The summed E-state index contributed by atoms with van der Waals surface area (Å²) < 4.78 is 2.08. The molecule has 2 aromatic carbocycles. The molecule has 0 unspecified atom stereocenters. The molecule has 162 valence electrons. The van der Waals surface area contributed by atoms with Gasteiger partial charge in [-0.15, -0.1) is 10.2 Å². The molecule has 0 spiro atoms. The number of likely N-dealkylation sites (tertiary alicyclic amines) is 1. The maximum absolute atomic E-state index is 13.1. The van der Waals surface area contributed by atoms with E-state index < -0.39 is 0 Å². The molecule has 1 fully saturated rings. The first-order valence-corrected chi connectivity index (χ1v) is 11.0. The van der Waals surface area contributed by atoms with E-state index in [2.05, 4.69) is 55.3 Å². The van der Waals surface area contributed by atoms with E-state index in [1.807, 2.05) is 39.0 Å². The summed E-state index contributed by atoms with van der Waals surface area (Å²) in [4.78, 5) is 15.6. The van der Waals surface area contributed by atoms with Crippen molar-refractivity contribution in [3.63, 3.8) is 0 Å². The van der Waals surface area contributed by atoms with Gasteiger partial charge in [0.15, 0.2) is 0 Å². The lowest BCUT2D eigenvalue weighted by atomic mass is 9.85. The Labute approximate surface area is 184 Å². The van der Waals surface area contributed by atoms with Gasteiger partial charge >= 0.3 is 0 Å². The third-order valence-electron chi connectivity index (χ3n) is 6.19. The van der Waals surface area contributed by atoms with Crippen LogP contribution in [-0.2, 0) is 6.54 Å². The summed E-state index contributed by atoms with van der Waals surface area (Å²) >= 11 is 0. The summed E-state index contributed by atoms with van der Waals surface area (Å²) in [6.45, 7) is 9.65. The van der Waals surface area contributed by atoms with Crippen LogP contribution in [0.15, 0.2) is 54.9 Å². The van der Waals surface area contributed by atoms with Crippen LogP contribution in [0, 0.1) is 20.8 Å². The normalized spacial score (nSPS) is 19.3. The Morgan fingerprint density at radius 1 is 1.06 bits per heavy atom. The van der Waals surface area contributed by atoms with Crippen molar-refractivity contribution in [3.05, 3.63) is 82.9 Å². The Hall–Kier alpha value is -2.99. The van der Waals surface area contributed by atoms with Crippen LogP contribution < -0.4 is 5.32 Å². The molecule has 1 aliphatic heterocycles. The molecule has 1 aliphatic rings. The number of benzene rings is 2. The van der Waals surface area contributed by atoms with Gasteiger partial charge in [0.1, 0.15) is 12.2 Å². The zero-order chi connectivity index (χ0) is 21.8. The Bertz CT molecular complexity index is 1010. The number of piperidine rings is 1. The lowest BCUT2D eigenvalue weighted by molar-refractivity contribution is 0.0885. The average molecular weight is 418 g/mol. The second-order valence-corrected chi connectivity index (χ2v) is 8.63. The van der Waals surface area contributed by atoms with Crippen molar-refractivity contribution in [3.8, 4) is 0 Å². The Balaban J connectivity index is 1.50. The standard InChI is InChI=1S/C25H31N5O/c1-18-13-19(2)15-22(14-18)25(31)27-24-16-29(11-12-30-17-26-28-20(30)3)10-9-23(24)21-7-5-4-6-8-21/h4-8,13-15,17,23-24H,9-12,16H2,1-3H3,(H,27,31)/t23-,24-/m0/s1. The lowest BCUT2D eigenvalue weighted by Crippen LogP contribution is -2.52. The first-order valence-electron chi connectivity index (χ1n) is 11.0. The third kappa shape index (κ3) is 5.20.